The fourth-order valence-electron chi connectivity index (χ4n) is 4.02. The van der Waals surface area contributed by atoms with E-state index in [1.807, 2.05) is 59.8 Å². The van der Waals surface area contributed by atoms with Gasteiger partial charge in [-0.25, -0.2) is 4.21 Å². The molecular weight excluding hydrogens is 356 g/mol. The standard InChI is InChI=1S/C22H22N2O2S/c1-15-8-10-17(11-9-15)27(25)24-13-16(12-23)21-18-6-4-5-7-20(18)26-14-19(21)22(24,2)3/h4-11,13,19,21H,14H2,1-3H3/t19-,21+,27?/m1/s1. The first-order valence-corrected chi connectivity index (χ1v) is 10.2. The van der Waals surface area contributed by atoms with E-state index in [2.05, 4.69) is 19.9 Å². The van der Waals surface area contributed by atoms with Gasteiger partial charge < -0.3 is 4.74 Å². The minimum Gasteiger partial charge on any atom is -0.493 e. The molecule has 4 nitrogen and oxygen atoms in total. The highest BCUT2D eigenvalue weighted by molar-refractivity contribution is 7.82. The van der Waals surface area contributed by atoms with E-state index >= 15 is 0 Å². The molecule has 138 valence electrons. The third-order valence-corrected chi connectivity index (χ3v) is 7.28. The van der Waals surface area contributed by atoms with Gasteiger partial charge in [0, 0.05) is 23.6 Å². The highest BCUT2D eigenvalue weighted by Crippen LogP contribution is 2.50. The number of rotatable bonds is 2. The summed E-state index contributed by atoms with van der Waals surface area (Å²) in [6.07, 6.45) is 1.79. The lowest BCUT2D eigenvalue weighted by atomic mass is 9.69. The van der Waals surface area contributed by atoms with Gasteiger partial charge in [0.15, 0.2) is 11.0 Å². The summed E-state index contributed by atoms with van der Waals surface area (Å²) in [5.74, 6) is 0.825. The highest BCUT2D eigenvalue weighted by atomic mass is 32.2. The van der Waals surface area contributed by atoms with Crippen molar-refractivity contribution in [2.45, 2.75) is 37.1 Å². The maximum atomic E-state index is 13.4. The van der Waals surface area contributed by atoms with Crippen LogP contribution in [0.5, 0.6) is 5.75 Å². The van der Waals surface area contributed by atoms with Crippen molar-refractivity contribution >= 4 is 11.0 Å². The molecule has 0 amide bonds. The van der Waals surface area contributed by atoms with Crippen molar-refractivity contribution in [2.24, 2.45) is 5.92 Å². The van der Waals surface area contributed by atoms with Crippen LogP contribution in [0.25, 0.3) is 0 Å². The third kappa shape index (κ3) is 2.85. The van der Waals surface area contributed by atoms with Crippen molar-refractivity contribution in [1.29, 1.82) is 5.26 Å². The second-order valence-corrected chi connectivity index (χ2v) is 9.03. The van der Waals surface area contributed by atoms with Gasteiger partial charge in [-0.15, -0.1) is 0 Å². The summed E-state index contributed by atoms with van der Waals surface area (Å²) in [6, 6.07) is 18.0. The van der Waals surface area contributed by atoms with Crippen molar-refractivity contribution in [3.05, 3.63) is 71.4 Å². The molecule has 0 aliphatic carbocycles. The van der Waals surface area contributed by atoms with Crippen molar-refractivity contribution < 1.29 is 8.95 Å². The lowest BCUT2D eigenvalue weighted by Crippen LogP contribution is -2.55. The molecule has 1 unspecified atom stereocenters. The molecular formula is C22H22N2O2S. The molecule has 5 heteroatoms. The summed E-state index contributed by atoms with van der Waals surface area (Å²) in [7, 11) is -1.39. The normalized spacial score (nSPS) is 23.9. The highest BCUT2D eigenvalue weighted by Gasteiger charge is 2.50. The molecule has 2 aromatic rings. The van der Waals surface area contributed by atoms with Crippen molar-refractivity contribution in [1.82, 2.24) is 4.31 Å². The Balaban J connectivity index is 1.81. The number of ether oxygens (including phenoxy) is 1. The Morgan fingerprint density at radius 2 is 1.89 bits per heavy atom. The molecule has 2 aliphatic heterocycles. The Labute approximate surface area is 162 Å². The topological polar surface area (TPSA) is 53.3 Å². The van der Waals surface area contributed by atoms with Crippen LogP contribution in [0.1, 0.15) is 30.9 Å². The van der Waals surface area contributed by atoms with E-state index < -0.39 is 16.5 Å². The molecule has 0 N–H and O–H groups in total. The van der Waals surface area contributed by atoms with E-state index in [-0.39, 0.29) is 11.8 Å². The number of allylic oxidation sites excluding steroid dienone is 1. The SMILES string of the molecule is Cc1ccc(S(=O)N2C=C(C#N)[C@H]3c4ccccc4OC[C@H]3C2(C)C)cc1. The van der Waals surface area contributed by atoms with E-state index in [0.29, 0.717) is 12.2 Å². The molecule has 0 radical (unpaired) electrons. The van der Waals surface area contributed by atoms with E-state index in [1.165, 1.54) is 0 Å². The number of benzene rings is 2. The van der Waals surface area contributed by atoms with Crippen LogP contribution in [0.3, 0.4) is 0 Å². The zero-order valence-electron chi connectivity index (χ0n) is 15.7. The zero-order chi connectivity index (χ0) is 19.2. The molecule has 4 rings (SSSR count). The van der Waals surface area contributed by atoms with Gasteiger partial charge in [-0.3, -0.25) is 4.31 Å². The minimum atomic E-state index is -1.39. The fraction of sp³-hybridized carbons (Fsp3) is 0.318. The third-order valence-electron chi connectivity index (χ3n) is 5.67. The van der Waals surface area contributed by atoms with Crippen LogP contribution in [-0.4, -0.2) is 20.7 Å². The van der Waals surface area contributed by atoms with Gasteiger partial charge in [0.2, 0.25) is 0 Å². The summed E-state index contributed by atoms with van der Waals surface area (Å²) in [5, 5.41) is 9.85. The van der Waals surface area contributed by atoms with Gasteiger partial charge in [-0.05, 0) is 39.0 Å². The summed E-state index contributed by atoms with van der Waals surface area (Å²) in [5.41, 5.74) is 2.36. The Morgan fingerprint density at radius 3 is 2.59 bits per heavy atom. The maximum absolute atomic E-state index is 13.4. The van der Waals surface area contributed by atoms with Gasteiger partial charge in [0.05, 0.1) is 28.7 Å². The van der Waals surface area contributed by atoms with Gasteiger partial charge in [-0.1, -0.05) is 35.9 Å². The Morgan fingerprint density at radius 1 is 1.19 bits per heavy atom. The molecule has 2 aromatic carbocycles. The van der Waals surface area contributed by atoms with E-state index in [1.54, 1.807) is 6.20 Å². The van der Waals surface area contributed by atoms with Crippen LogP contribution >= 0.6 is 0 Å². The summed E-state index contributed by atoms with van der Waals surface area (Å²) in [6.45, 7) is 6.67. The average Bonchev–Trinajstić information content (AvgIpc) is 2.68. The smallest absolute Gasteiger partial charge is 0.152 e. The van der Waals surface area contributed by atoms with Crippen LogP contribution in [-0.2, 0) is 11.0 Å². The quantitative estimate of drug-likeness (QED) is 0.782. The Hall–Kier alpha value is -2.58. The van der Waals surface area contributed by atoms with Crippen molar-refractivity contribution in [2.75, 3.05) is 6.61 Å². The predicted molar refractivity (Wildman–Crippen MR) is 105 cm³/mol. The second-order valence-electron chi connectivity index (χ2n) is 7.67. The van der Waals surface area contributed by atoms with Crippen LogP contribution in [0.4, 0.5) is 0 Å². The van der Waals surface area contributed by atoms with Crippen LogP contribution in [0, 0.1) is 24.2 Å². The van der Waals surface area contributed by atoms with Crippen LogP contribution in [0.2, 0.25) is 0 Å². The lowest BCUT2D eigenvalue weighted by Gasteiger charge is -2.50. The lowest BCUT2D eigenvalue weighted by molar-refractivity contribution is 0.0842. The molecule has 0 saturated carbocycles. The molecule has 3 atom stereocenters. The maximum Gasteiger partial charge on any atom is 0.152 e. The number of aryl methyl sites for hydroxylation is 1. The number of hydrogen-bond donors (Lipinski definition) is 0. The number of nitrogens with zero attached hydrogens (tertiary/aromatic N) is 2. The molecule has 0 fully saturated rings. The molecule has 0 aromatic heterocycles. The predicted octanol–water partition coefficient (Wildman–Crippen LogP) is 4.31. The first-order valence-electron chi connectivity index (χ1n) is 9.05. The first-order chi connectivity index (χ1) is 12.9. The first kappa shape index (κ1) is 17.8. The molecule has 0 spiro atoms. The number of hydrogen-bond acceptors (Lipinski definition) is 3. The Bertz CT molecular complexity index is 973. The zero-order valence-corrected chi connectivity index (χ0v) is 16.5. The fourth-order valence-corrected chi connectivity index (χ4v) is 5.39. The van der Waals surface area contributed by atoms with Crippen molar-refractivity contribution in [3.8, 4) is 11.8 Å². The summed E-state index contributed by atoms with van der Waals surface area (Å²) < 4.78 is 21.2. The Kier molecular flexibility index (Phi) is 4.32. The largest absolute Gasteiger partial charge is 0.493 e. The van der Waals surface area contributed by atoms with E-state index in [9.17, 15) is 9.47 Å². The van der Waals surface area contributed by atoms with Crippen LogP contribution in [0.15, 0.2) is 65.2 Å². The van der Waals surface area contributed by atoms with Crippen LogP contribution < -0.4 is 4.74 Å². The van der Waals surface area contributed by atoms with Gasteiger partial charge in [0.1, 0.15) is 5.75 Å². The van der Waals surface area contributed by atoms with Gasteiger partial charge in [0.25, 0.3) is 0 Å². The summed E-state index contributed by atoms with van der Waals surface area (Å²) >= 11 is 0. The average molecular weight is 378 g/mol. The molecule has 0 bridgehead atoms. The number of nitriles is 1. The van der Waals surface area contributed by atoms with Gasteiger partial charge in [-0.2, -0.15) is 5.26 Å². The molecule has 2 heterocycles. The number of fused-ring (bicyclic) bond motifs is 3. The van der Waals surface area contributed by atoms with E-state index in [0.717, 1.165) is 21.8 Å². The molecule has 2 aliphatic rings. The second kappa shape index (κ2) is 6.54. The minimum absolute atomic E-state index is 0.0291. The molecule has 27 heavy (non-hydrogen) atoms. The monoisotopic (exact) mass is 378 g/mol. The number of para-hydroxylation sites is 1. The van der Waals surface area contributed by atoms with E-state index in [4.69, 9.17) is 4.74 Å². The van der Waals surface area contributed by atoms with Crippen molar-refractivity contribution in [3.63, 3.8) is 0 Å². The molecule has 0 saturated heterocycles. The van der Waals surface area contributed by atoms with Gasteiger partial charge >= 0.3 is 0 Å². The summed E-state index contributed by atoms with van der Waals surface area (Å²) in [4.78, 5) is 0.734.